The summed E-state index contributed by atoms with van der Waals surface area (Å²) in [5.41, 5.74) is 4.96. The van der Waals surface area contributed by atoms with Gasteiger partial charge in [0.1, 0.15) is 0 Å². The van der Waals surface area contributed by atoms with Gasteiger partial charge in [-0.3, -0.25) is 0 Å². The highest BCUT2D eigenvalue weighted by Gasteiger charge is 2.56. The molecule has 5 aliphatic carbocycles. The van der Waals surface area contributed by atoms with Gasteiger partial charge in [-0.15, -0.1) is 0 Å². The molecule has 5 rings (SSSR count). The van der Waals surface area contributed by atoms with Gasteiger partial charge in [-0.05, 0) is 99.7 Å². The monoisotopic (exact) mass is 364 g/mol. The third kappa shape index (κ3) is 2.60. The first-order valence-electron chi connectivity index (χ1n) is 11.5. The molecule has 0 amide bonds. The van der Waals surface area contributed by atoms with Crippen molar-refractivity contribution in [3.05, 3.63) is 48.1 Å². The molecule has 146 valence electrons. The summed E-state index contributed by atoms with van der Waals surface area (Å²) in [6.07, 6.45) is 20.3. The van der Waals surface area contributed by atoms with Crippen LogP contribution in [-0.2, 0) is 0 Å². The molecule has 3 fully saturated rings. The van der Waals surface area contributed by atoms with Crippen LogP contribution in [0.4, 0.5) is 0 Å². The van der Waals surface area contributed by atoms with Gasteiger partial charge in [-0.25, -0.2) is 0 Å². The third-order valence-corrected chi connectivity index (χ3v) is 9.32. The average Bonchev–Trinajstić information content (AvgIpc) is 3.13. The Morgan fingerprint density at radius 3 is 2.63 bits per heavy atom. The van der Waals surface area contributed by atoms with Crippen molar-refractivity contribution in [2.75, 3.05) is 6.61 Å². The number of aliphatic hydroxyl groups is 1. The van der Waals surface area contributed by atoms with Gasteiger partial charge < -0.3 is 5.11 Å². The highest BCUT2D eigenvalue weighted by molar-refractivity contribution is 5.33. The van der Waals surface area contributed by atoms with Crippen LogP contribution in [0.3, 0.4) is 0 Å². The molecule has 5 aliphatic rings. The van der Waals surface area contributed by atoms with Crippen molar-refractivity contribution >= 4 is 0 Å². The van der Waals surface area contributed by atoms with Crippen molar-refractivity contribution in [3.63, 3.8) is 0 Å². The first kappa shape index (κ1) is 18.0. The molecule has 0 aliphatic heterocycles. The minimum atomic E-state index is 0.110. The average molecular weight is 365 g/mol. The minimum Gasteiger partial charge on any atom is -0.396 e. The summed E-state index contributed by atoms with van der Waals surface area (Å²) in [5, 5.41) is 10.4. The second kappa shape index (κ2) is 6.76. The van der Waals surface area contributed by atoms with Crippen LogP contribution in [0.5, 0.6) is 0 Å². The SMILES string of the molecule is C=CC(=C)C1CCC2(CO)CC=C3C4CCC5CCCC=C5C4CCC3C12. The molecule has 1 heteroatoms. The van der Waals surface area contributed by atoms with Crippen molar-refractivity contribution in [2.24, 2.45) is 40.9 Å². The molecule has 27 heavy (non-hydrogen) atoms. The molecular weight excluding hydrogens is 328 g/mol. The van der Waals surface area contributed by atoms with E-state index in [1.54, 1.807) is 5.57 Å². The number of hydrogen-bond donors (Lipinski definition) is 1. The largest absolute Gasteiger partial charge is 0.396 e. The van der Waals surface area contributed by atoms with Gasteiger partial charge >= 0.3 is 0 Å². The molecule has 0 radical (unpaired) electrons. The van der Waals surface area contributed by atoms with E-state index < -0.39 is 0 Å². The summed E-state index contributed by atoms with van der Waals surface area (Å²) < 4.78 is 0. The Hall–Kier alpha value is -1.08. The molecule has 1 N–H and O–H groups in total. The first-order chi connectivity index (χ1) is 13.2. The lowest BCUT2D eigenvalue weighted by molar-refractivity contribution is 0.0230. The van der Waals surface area contributed by atoms with Gasteiger partial charge in [0.05, 0.1) is 0 Å². The molecule has 0 aromatic heterocycles. The summed E-state index contributed by atoms with van der Waals surface area (Å²) >= 11 is 0. The lowest BCUT2D eigenvalue weighted by atomic mass is 9.51. The normalized spacial score (nSPS) is 45.5. The number of fused-ring (bicyclic) bond motifs is 7. The van der Waals surface area contributed by atoms with Crippen LogP contribution in [0.1, 0.15) is 64.2 Å². The lowest BCUT2D eigenvalue weighted by Gasteiger charge is -2.53. The molecule has 0 heterocycles. The number of rotatable bonds is 3. The summed E-state index contributed by atoms with van der Waals surface area (Å²) in [6, 6.07) is 0. The van der Waals surface area contributed by atoms with Gasteiger partial charge in [0.2, 0.25) is 0 Å². The quantitative estimate of drug-likeness (QED) is 0.465. The molecule has 1 nitrogen and oxygen atoms in total. The van der Waals surface area contributed by atoms with E-state index in [9.17, 15) is 5.11 Å². The van der Waals surface area contributed by atoms with E-state index in [0.29, 0.717) is 24.4 Å². The van der Waals surface area contributed by atoms with Gasteiger partial charge in [0, 0.05) is 12.0 Å². The van der Waals surface area contributed by atoms with Gasteiger partial charge in [-0.2, -0.15) is 0 Å². The molecule has 0 saturated heterocycles. The zero-order valence-corrected chi connectivity index (χ0v) is 16.8. The van der Waals surface area contributed by atoms with Crippen molar-refractivity contribution < 1.29 is 5.11 Å². The van der Waals surface area contributed by atoms with Crippen LogP contribution in [0.2, 0.25) is 0 Å². The number of aliphatic hydroxyl groups excluding tert-OH is 1. The van der Waals surface area contributed by atoms with Crippen LogP contribution in [0.25, 0.3) is 0 Å². The maximum absolute atomic E-state index is 10.4. The van der Waals surface area contributed by atoms with E-state index in [0.717, 1.165) is 30.6 Å². The van der Waals surface area contributed by atoms with Crippen LogP contribution < -0.4 is 0 Å². The van der Waals surface area contributed by atoms with Crippen LogP contribution in [0, 0.1) is 40.9 Å². The van der Waals surface area contributed by atoms with Crippen molar-refractivity contribution in [1.29, 1.82) is 0 Å². The standard InChI is InChI=1S/C26H36O/c1-3-17(2)19-12-14-26(16-27)15-13-23-22-9-8-18-6-4-5-7-20(18)21(22)10-11-24(23)25(19)26/h3,7,13,18-19,21-22,24-25,27H,1-2,4-6,8-12,14-16H2. The minimum absolute atomic E-state index is 0.110. The maximum atomic E-state index is 10.4. The molecule has 0 bridgehead atoms. The van der Waals surface area contributed by atoms with Gasteiger partial charge in [0.25, 0.3) is 0 Å². The molecule has 3 saturated carbocycles. The molecule has 7 atom stereocenters. The van der Waals surface area contributed by atoms with Gasteiger partial charge in [0.15, 0.2) is 0 Å². The van der Waals surface area contributed by atoms with Crippen molar-refractivity contribution in [1.82, 2.24) is 0 Å². The third-order valence-electron chi connectivity index (χ3n) is 9.32. The Morgan fingerprint density at radius 2 is 1.81 bits per heavy atom. The van der Waals surface area contributed by atoms with Gasteiger partial charge in [-0.1, -0.05) is 48.1 Å². The summed E-state index contributed by atoms with van der Waals surface area (Å²) in [5.74, 6) is 4.32. The zero-order chi connectivity index (χ0) is 18.6. The smallest absolute Gasteiger partial charge is 0.0493 e. The van der Waals surface area contributed by atoms with Crippen molar-refractivity contribution in [2.45, 2.75) is 64.2 Å². The van der Waals surface area contributed by atoms with Crippen LogP contribution >= 0.6 is 0 Å². The zero-order valence-electron chi connectivity index (χ0n) is 16.8. The second-order valence-corrected chi connectivity index (χ2v) is 10.2. The maximum Gasteiger partial charge on any atom is 0.0493 e. The molecule has 0 aromatic rings. The Labute approximate surface area is 165 Å². The van der Waals surface area contributed by atoms with E-state index in [2.05, 4.69) is 25.3 Å². The molecular formula is C26H36O. The fraction of sp³-hybridized carbons (Fsp3) is 0.692. The molecule has 7 unspecified atom stereocenters. The van der Waals surface area contributed by atoms with Crippen molar-refractivity contribution in [3.8, 4) is 0 Å². The lowest BCUT2D eigenvalue weighted by Crippen LogP contribution is -2.46. The highest BCUT2D eigenvalue weighted by Crippen LogP contribution is 2.64. The fourth-order valence-electron chi connectivity index (χ4n) is 8.10. The van der Waals surface area contributed by atoms with E-state index in [1.807, 2.05) is 11.6 Å². The van der Waals surface area contributed by atoms with E-state index in [-0.39, 0.29) is 5.41 Å². The number of allylic oxidation sites excluding steroid dienone is 6. The number of hydrogen-bond acceptors (Lipinski definition) is 1. The Balaban J connectivity index is 1.49. The topological polar surface area (TPSA) is 20.2 Å². The predicted octanol–water partition coefficient (Wildman–Crippen LogP) is 6.23. The predicted molar refractivity (Wildman–Crippen MR) is 112 cm³/mol. The van der Waals surface area contributed by atoms with E-state index >= 15 is 0 Å². The highest BCUT2D eigenvalue weighted by atomic mass is 16.3. The van der Waals surface area contributed by atoms with Crippen LogP contribution in [-0.4, -0.2) is 11.7 Å². The Bertz CT molecular complexity index is 697. The summed E-state index contributed by atoms with van der Waals surface area (Å²) in [4.78, 5) is 0. The summed E-state index contributed by atoms with van der Waals surface area (Å²) in [6.45, 7) is 8.73. The Kier molecular flexibility index (Phi) is 4.50. The molecule has 0 spiro atoms. The summed E-state index contributed by atoms with van der Waals surface area (Å²) in [7, 11) is 0. The molecule has 0 aromatic carbocycles. The Morgan fingerprint density at radius 1 is 1.04 bits per heavy atom. The van der Waals surface area contributed by atoms with E-state index in [4.69, 9.17) is 0 Å². The van der Waals surface area contributed by atoms with Crippen LogP contribution in [0.15, 0.2) is 48.1 Å². The van der Waals surface area contributed by atoms with E-state index in [1.165, 1.54) is 56.9 Å². The second-order valence-electron chi connectivity index (χ2n) is 10.2. The first-order valence-corrected chi connectivity index (χ1v) is 11.5. The fourth-order valence-corrected chi connectivity index (χ4v) is 8.10.